The highest BCUT2D eigenvalue weighted by atomic mass is 16.5. The summed E-state index contributed by atoms with van der Waals surface area (Å²) in [6, 6.07) is 5.20. The van der Waals surface area contributed by atoms with Crippen LogP contribution in [0.2, 0.25) is 0 Å². The Morgan fingerprint density at radius 1 is 1.33 bits per heavy atom. The normalized spacial score (nSPS) is 14.7. The smallest absolute Gasteiger partial charge is 0.337 e. The molecule has 0 atom stereocenters. The molecular weight excluding hydrogens is 272 g/mol. The van der Waals surface area contributed by atoms with E-state index in [1.807, 2.05) is 6.07 Å². The van der Waals surface area contributed by atoms with Gasteiger partial charge in [0.1, 0.15) is 0 Å². The number of ether oxygens (including phenoxy) is 2. The lowest BCUT2D eigenvalue weighted by Gasteiger charge is -2.30. The highest BCUT2D eigenvalue weighted by Gasteiger charge is 2.18. The molecule has 0 aliphatic carbocycles. The van der Waals surface area contributed by atoms with Crippen molar-refractivity contribution in [2.24, 2.45) is 0 Å². The van der Waals surface area contributed by atoms with Crippen molar-refractivity contribution in [2.45, 2.75) is 13.3 Å². The summed E-state index contributed by atoms with van der Waals surface area (Å²) in [5.41, 5.74) is 1.94. The molecule has 21 heavy (non-hydrogen) atoms. The number of nitrogens with zero attached hydrogens (tertiary/aromatic N) is 1. The Hall–Kier alpha value is -2.08. The van der Waals surface area contributed by atoms with E-state index in [0.29, 0.717) is 30.9 Å². The Balaban J connectivity index is 2.32. The van der Waals surface area contributed by atoms with Crippen molar-refractivity contribution in [3.05, 3.63) is 23.8 Å². The topological polar surface area (TPSA) is 67.9 Å². The van der Waals surface area contributed by atoms with Crippen LogP contribution in [0.1, 0.15) is 23.7 Å². The number of hydrogen-bond donors (Lipinski definition) is 1. The minimum Gasteiger partial charge on any atom is -0.465 e. The number of amides is 1. The van der Waals surface area contributed by atoms with Gasteiger partial charge in [-0.2, -0.15) is 0 Å². The number of nitrogens with one attached hydrogen (secondary N) is 1. The summed E-state index contributed by atoms with van der Waals surface area (Å²) in [6.45, 7) is 4.60. The average molecular weight is 292 g/mol. The van der Waals surface area contributed by atoms with Gasteiger partial charge >= 0.3 is 5.97 Å². The van der Waals surface area contributed by atoms with Gasteiger partial charge in [-0.3, -0.25) is 4.79 Å². The molecule has 2 rings (SSSR count). The highest BCUT2D eigenvalue weighted by molar-refractivity contribution is 5.98. The van der Waals surface area contributed by atoms with Gasteiger partial charge in [-0.15, -0.1) is 0 Å². The van der Waals surface area contributed by atoms with Gasteiger partial charge in [0.2, 0.25) is 5.91 Å². The van der Waals surface area contributed by atoms with E-state index in [2.05, 4.69) is 10.2 Å². The fourth-order valence-corrected chi connectivity index (χ4v) is 2.20. The second-order valence-electron chi connectivity index (χ2n) is 4.72. The quantitative estimate of drug-likeness (QED) is 0.855. The van der Waals surface area contributed by atoms with Crippen LogP contribution in [-0.4, -0.2) is 45.3 Å². The first-order valence-electron chi connectivity index (χ1n) is 7.00. The number of anilines is 2. The molecule has 0 unspecified atom stereocenters. The summed E-state index contributed by atoms with van der Waals surface area (Å²) in [4.78, 5) is 25.5. The van der Waals surface area contributed by atoms with Crippen LogP contribution < -0.4 is 10.2 Å². The van der Waals surface area contributed by atoms with Gasteiger partial charge in [0, 0.05) is 19.5 Å². The van der Waals surface area contributed by atoms with Crippen LogP contribution in [-0.2, 0) is 14.3 Å². The molecule has 1 aliphatic heterocycles. The molecule has 0 radical (unpaired) electrons. The zero-order valence-electron chi connectivity index (χ0n) is 12.3. The molecule has 0 saturated carbocycles. The van der Waals surface area contributed by atoms with Crippen molar-refractivity contribution in [3.63, 3.8) is 0 Å². The monoisotopic (exact) mass is 292 g/mol. The number of rotatable bonds is 4. The van der Waals surface area contributed by atoms with E-state index in [-0.39, 0.29) is 5.91 Å². The van der Waals surface area contributed by atoms with Gasteiger partial charge in [0.25, 0.3) is 0 Å². The van der Waals surface area contributed by atoms with Gasteiger partial charge in [-0.1, -0.05) is 6.92 Å². The second kappa shape index (κ2) is 7.08. The number of hydrogen-bond acceptors (Lipinski definition) is 5. The van der Waals surface area contributed by atoms with Crippen LogP contribution >= 0.6 is 0 Å². The van der Waals surface area contributed by atoms with Crippen molar-refractivity contribution in [1.82, 2.24) is 0 Å². The maximum Gasteiger partial charge on any atom is 0.337 e. The lowest BCUT2D eigenvalue weighted by Crippen LogP contribution is -2.36. The number of carbonyl (C=O) groups is 2. The maximum atomic E-state index is 11.7. The zero-order valence-corrected chi connectivity index (χ0v) is 12.3. The molecule has 0 aromatic heterocycles. The van der Waals surface area contributed by atoms with Gasteiger partial charge in [0.15, 0.2) is 0 Å². The third kappa shape index (κ3) is 3.72. The summed E-state index contributed by atoms with van der Waals surface area (Å²) < 4.78 is 10.1. The number of benzene rings is 1. The molecule has 1 aliphatic rings. The molecule has 1 N–H and O–H groups in total. The van der Waals surface area contributed by atoms with E-state index < -0.39 is 5.97 Å². The zero-order chi connectivity index (χ0) is 15.2. The molecule has 1 aromatic carbocycles. The molecule has 1 saturated heterocycles. The van der Waals surface area contributed by atoms with Crippen LogP contribution in [0.15, 0.2) is 18.2 Å². The van der Waals surface area contributed by atoms with E-state index in [0.717, 1.165) is 18.8 Å². The summed E-state index contributed by atoms with van der Waals surface area (Å²) >= 11 is 0. The minimum atomic E-state index is -0.421. The number of morpholine rings is 1. The van der Waals surface area contributed by atoms with Crippen molar-refractivity contribution in [1.29, 1.82) is 0 Å². The van der Waals surface area contributed by atoms with Crippen molar-refractivity contribution >= 4 is 23.3 Å². The summed E-state index contributed by atoms with van der Waals surface area (Å²) in [6.07, 6.45) is 0.380. The molecule has 1 heterocycles. The van der Waals surface area contributed by atoms with Gasteiger partial charge < -0.3 is 19.7 Å². The van der Waals surface area contributed by atoms with Crippen LogP contribution in [0.25, 0.3) is 0 Å². The van der Waals surface area contributed by atoms with Crippen LogP contribution in [0.3, 0.4) is 0 Å². The third-order valence-electron chi connectivity index (χ3n) is 3.36. The van der Waals surface area contributed by atoms with Crippen molar-refractivity contribution < 1.29 is 19.1 Å². The predicted octanol–water partition coefficient (Wildman–Crippen LogP) is 1.66. The van der Waals surface area contributed by atoms with Gasteiger partial charge in [0.05, 0.1) is 37.3 Å². The lowest BCUT2D eigenvalue weighted by molar-refractivity contribution is -0.115. The Morgan fingerprint density at radius 3 is 2.67 bits per heavy atom. The first-order valence-corrected chi connectivity index (χ1v) is 7.00. The number of esters is 1. The Labute approximate surface area is 124 Å². The Kier molecular flexibility index (Phi) is 5.16. The average Bonchev–Trinajstić information content (AvgIpc) is 2.54. The molecule has 0 bridgehead atoms. The van der Waals surface area contributed by atoms with E-state index in [1.54, 1.807) is 19.1 Å². The van der Waals surface area contributed by atoms with Crippen LogP contribution in [0, 0.1) is 0 Å². The standard InChI is InChI=1S/C15H20N2O4/c1-3-14(18)16-12-10-11(15(19)20-2)4-5-13(12)17-6-8-21-9-7-17/h4-5,10H,3,6-9H2,1-2H3,(H,16,18). The largest absolute Gasteiger partial charge is 0.465 e. The van der Waals surface area contributed by atoms with E-state index >= 15 is 0 Å². The number of carbonyl (C=O) groups excluding carboxylic acids is 2. The second-order valence-corrected chi connectivity index (χ2v) is 4.72. The Morgan fingerprint density at radius 2 is 2.05 bits per heavy atom. The Bertz CT molecular complexity index is 524. The molecule has 6 nitrogen and oxygen atoms in total. The molecule has 1 amide bonds. The summed E-state index contributed by atoms with van der Waals surface area (Å²) in [5.74, 6) is -0.512. The van der Waals surface area contributed by atoms with E-state index in [9.17, 15) is 9.59 Å². The molecule has 1 aromatic rings. The minimum absolute atomic E-state index is 0.0912. The SMILES string of the molecule is CCC(=O)Nc1cc(C(=O)OC)ccc1N1CCOCC1. The molecule has 0 spiro atoms. The first-order chi connectivity index (χ1) is 10.2. The van der Waals surface area contributed by atoms with E-state index in [4.69, 9.17) is 9.47 Å². The third-order valence-corrected chi connectivity index (χ3v) is 3.36. The summed E-state index contributed by atoms with van der Waals surface area (Å²) in [5, 5.41) is 2.85. The molecule has 1 fully saturated rings. The van der Waals surface area contributed by atoms with E-state index in [1.165, 1.54) is 7.11 Å². The molecule has 114 valence electrons. The molecular formula is C15H20N2O4. The van der Waals surface area contributed by atoms with Crippen molar-refractivity contribution in [2.75, 3.05) is 43.6 Å². The molecule has 6 heteroatoms. The van der Waals surface area contributed by atoms with Crippen LogP contribution in [0.4, 0.5) is 11.4 Å². The maximum absolute atomic E-state index is 11.7. The fraction of sp³-hybridized carbons (Fsp3) is 0.467. The highest BCUT2D eigenvalue weighted by Crippen LogP contribution is 2.28. The fourth-order valence-electron chi connectivity index (χ4n) is 2.20. The summed E-state index contributed by atoms with van der Waals surface area (Å²) in [7, 11) is 1.34. The van der Waals surface area contributed by atoms with Crippen LogP contribution in [0.5, 0.6) is 0 Å². The predicted molar refractivity (Wildman–Crippen MR) is 79.7 cm³/mol. The first kappa shape index (κ1) is 15.3. The number of methoxy groups -OCH3 is 1. The van der Waals surface area contributed by atoms with Gasteiger partial charge in [-0.25, -0.2) is 4.79 Å². The lowest BCUT2D eigenvalue weighted by atomic mass is 10.1. The van der Waals surface area contributed by atoms with Gasteiger partial charge in [-0.05, 0) is 18.2 Å². The van der Waals surface area contributed by atoms with Crippen molar-refractivity contribution in [3.8, 4) is 0 Å².